The molecule has 0 radical (unpaired) electrons. The second-order valence-corrected chi connectivity index (χ2v) is 4.60. The number of esters is 1. The van der Waals surface area contributed by atoms with Gasteiger partial charge in [-0.05, 0) is 18.2 Å². The van der Waals surface area contributed by atoms with Crippen LogP contribution in [0.2, 0.25) is 10.0 Å². The van der Waals surface area contributed by atoms with E-state index in [1.54, 1.807) is 18.2 Å². The number of rotatable bonds is 4. The molecule has 1 unspecified atom stereocenters. The summed E-state index contributed by atoms with van der Waals surface area (Å²) in [5, 5.41) is 3.74. The van der Waals surface area contributed by atoms with E-state index >= 15 is 0 Å². The number of carbonyl (C=O) groups is 1. The van der Waals surface area contributed by atoms with Crippen LogP contribution in [-0.2, 0) is 14.3 Å². The van der Waals surface area contributed by atoms with Crippen LogP contribution in [0.1, 0.15) is 0 Å². The molecule has 0 aliphatic rings. The van der Waals surface area contributed by atoms with E-state index in [0.717, 1.165) is 0 Å². The zero-order valence-electron chi connectivity index (χ0n) is 9.70. The van der Waals surface area contributed by atoms with Gasteiger partial charge in [-0.3, -0.25) is 0 Å². The maximum atomic E-state index is 11.4. The van der Waals surface area contributed by atoms with Gasteiger partial charge in [-0.25, -0.2) is 4.79 Å². The van der Waals surface area contributed by atoms with Gasteiger partial charge in [0.15, 0.2) is 0 Å². The van der Waals surface area contributed by atoms with E-state index in [-0.39, 0.29) is 4.99 Å². The van der Waals surface area contributed by atoms with Gasteiger partial charge in [0, 0.05) is 22.8 Å². The van der Waals surface area contributed by atoms with Crippen LogP contribution in [0.4, 0.5) is 5.69 Å². The van der Waals surface area contributed by atoms with Crippen molar-refractivity contribution < 1.29 is 14.3 Å². The van der Waals surface area contributed by atoms with E-state index < -0.39 is 12.1 Å². The fourth-order valence-electron chi connectivity index (χ4n) is 1.25. The highest BCUT2D eigenvalue weighted by atomic mass is 35.5. The van der Waals surface area contributed by atoms with E-state index in [1.807, 2.05) is 0 Å². The van der Waals surface area contributed by atoms with Crippen LogP contribution < -0.4 is 5.32 Å². The van der Waals surface area contributed by atoms with Gasteiger partial charge in [0.1, 0.15) is 4.99 Å². The number of methoxy groups -OCH3 is 2. The molecule has 0 spiro atoms. The summed E-state index contributed by atoms with van der Waals surface area (Å²) in [5.74, 6) is -0.580. The quantitative estimate of drug-likeness (QED) is 0.684. The average Bonchev–Trinajstić information content (AvgIpc) is 2.28. The van der Waals surface area contributed by atoms with Gasteiger partial charge in [-0.15, -0.1) is 0 Å². The van der Waals surface area contributed by atoms with Gasteiger partial charge in [-0.1, -0.05) is 35.4 Å². The molecule has 1 aromatic rings. The zero-order chi connectivity index (χ0) is 13.7. The standard InChI is InChI=1S/C11H11Cl2NO3S/c1-16-9(11(15)17-2)10(18)14-8-4-6(12)3-7(13)5-8/h3-5,9H,1-2H3,(H,14,18). The van der Waals surface area contributed by atoms with Crippen molar-refractivity contribution in [2.45, 2.75) is 6.10 Å². The molecule has 1 aromatic carbocycles. The fraction of sp³-hybridized carbons (Fsp3) is 0.273. The van der Waals surface area contributed by atoms with Crippen molar-refractivity contribution in [3.05, 3.63) is 28.2 Å². The highest BCUT2D eigenvalue weighted by molar-refractivity contribution is 7.80. The minimum atomic E-state index is -0.970. The number of benzene rings is 1. The maximum absolute atomic E-state index is 11.4. The topological polar surface area (TPSA) is 47.6 Å². The van der Waals surface area contributed by atoms with Crippen LogP contribution in [-0.4, -0.2) is 31.3 Å². The van der Waals surface area contributed by atoms with Crippen molar-refractivity contribution in [1.29, 1.82) is 0 Å². The predicted molar refractivity (Wildman–Crippen MR) is 75.5 cm³/mol. The third-order valence-corrected chi connectivity index (χ3v) is 2.77. The van der Waals surface area contributed by atoms with Crippen molar-refractivity contribution in [3.63, 3.8) is 0 Å². The molecule has 0 aliphatic heterocycles. The van der Waals surface area contributed by atoms with E-state index in [1.165, 1.54) is 14.2 Å². The molecule has 0 heterocycles. The summed E-state index contributed by atoms with van der Waals surface area (Å²) >= 11 is 16.8. The Balaban J connectivity index is 2.82. The van der Waals surface area contributed by atoms with Crippen molar-refractivity contribution in [2.24, 2.45) is 0 Å². The first-order chi connectivity index (χ1) is 8.47. The molecule has 0 aromatic heterocycles. The molecule has 18 heavy (non-hydrogen) atoms. The highest BCUT2D eigenvalue weighted by Crippen LogP contribution is 2.22. The lowest BCUT2D eigenvalue weighted by atomic mass is 10.3. The summed E-state index contributed by atoms with van der Waals surface area (Å²) in [4.78, 5) is 11.6. The Hall–Kier alpha value is -0.880. The third-order valence-electron chi connectivity index (χ3n) is 2.02. The lowest BCUT2D eigenvalue weighted by Crippen LogP contribution is -2.36. The van der Waals surface area contributed by atoms with Crippen molar-refractivity contribution in [2.75, 3.05) is 19.5 Å². The van der Waals surface area contributed by atoms with Gasteiger partial charge < -0.3 is 14.8 Å². The number of ether oxygens (including phenoxy) is 2. The van der Waals surface area contributed by atoms with Crippen molar-refractivity contribution >= 4 is 52.1 Å². The molecule has 98 valence electrons. The summed E-state index contributed by atoms with van der Waals surface area (Å²) in [6.07, 6.45) is -0.970. The van der Waals surface area contributed by atoms with Crippen LogP contribution in [0.3, 0.4) is 0 Å². The molecule has 0 amide bonds. The number of halogens is 2. The monoisotopic (exact) mass is 307 g/mol. The lowest BCUT2D eigenvalue weighted by Gasteiger charge is -2.16. The van der Waals surface area contributed by atoms with E-state index in [2.05, 4.69) is 10.1 Å². The second-order valence-electron chi connectivity index (χ2n) is 3.29. The van der Waals surface area contributed by atoms with Gasteiger partial charge in [0.2, 0.25) is 6.10 Å². The number of hydrogen-bond acceptors (Lipinski definition) is 4. The van der Waals surface area contributed by atoms with Crippen LogP contribution in [0.15, 0.2) is 18.2 Å². The average molecular weight is 308 g/mol. The maximum Gasteiger partial charge on any atom is 0.342 e. The van der Waals surface area contributed by atoms with Gasteiger partial charge in [0.25, 0.3) is 0 Å². The molecule has 1 rings (SSSR count). The van der Waals surface area contributed by atoms with Crippen LogP contribution in [0.5, 0.6) is 0 Å². The SMILES string of the molecule is COC(=O)C(OC)C(=S)Nc1cc(Cl)cc(Cl)c1. The molecule has 0 aliphatic carbocycles. The van der Waals surface area contributed by atoms with Crippen LogP contribution >= 0.6 is 35.4 Å². The Bertz CT molecular complexity index is 447. The first-order valence-corrected chi connectivity index (χ1v) is 6.02. The molecule has 0 bridgehead atoms. The molecule has 4 nitrogen and oxygen atoms in total. The Kier molecular flexibility index (Phi) is 5.81. The summed E-state index contributed by atoms with van der Waals surface area (Å²) < 4.78 is 9.52. The van der Waals surface area contributed by atoms with E-state index in [4.69, 9.17) is 40.2 Å². The largest absolute Gasteiger partial charge is 0.467 e. The highest BCUT2D eigenvalue weighted by Gasteiger charge is 2.23. The Morgan fingerprint density at radius 2 is 1.83 bits per heavy atom. The van der Waals surface area contributed by atoms with Crippen LogP contribution in [0, 0.1) is 0 Å². The molecule has 1 atom stereocenters. The number of thiocarbonyl (C=S) groups is 1. The zero-order valence-corrected chi connectivity index (χ0v) is 12.0. The molecular formula is C11H11Cl2NO3S. The smallest absolute Gasteiger partial charge is 0.342 e. The number of carbonyl (C=O) groups excluding carboxylic acids is 1. The lowest BCUT2D eigenvalue weighted by molar-refractivity contribution is -0.148. The minimum absolute atomic E-state index is 0.169. The third kappa shape index (κ3) is 4.10. The first-order valence-electron chi connectivity index (χ1n) is 4.85. The van der Waals surface area contributed by atoms with Crippen molar-refractivity contribution in [1.82, 2.24) is 0 Å². The Morgan fingerprint density at radius 1 is 1.28 bits per heavy atom. The summed E-state index contributed by atoms with van der Waals surface area (Å²) in [7, 11) is 2.62. The van der Waals surface area contributed by atoms with Gasteiger partial charge in [-0.2, -0.15) is 0 Å². The summed E-state index contributed by atoms with van der Waals surface area (Å²) in [6.45, 7) is 0. The van der Waals surface area contributed by atoms with Crippen molar-refractivity contribution in [3.8, 4) is 0 Å². The van der Waals surface area contributed by atoms with Gasteiger partial charge in [0.05, 0.1) is 7.11 Å². The summed E-state index contributed by atoms with van der Waals surface area (Å²) in [5.41, 5.74) is 0.573. The summed E-state index contributed by atoms with van der Waals surface area (Å²) in [6, 6.07) is 4.85. The molecule has 0 saturated heterocycles. The normalized spacial score (nSPS) is 11.8. The molecule has 0 fully saturated rings. The van der Waals surface area contributed by atoms with Crippen LogP contribution in [0.25, 0.3) is 0 Å². The Morgan fingerprint density at radius 3 is 2.28 bits per heavy atom. The second kappa shape index (κ2) is 6.89. The number of nitrogens with one attached hydrogen (secondary N) is 1. The molecule has 7 heteroatoms. The molecular weight excluding hydrogens is 297 g/mol. The van der Waals surface area contributed by atoms with E-state index in [9.17, 15) is 4.79 Å². The number of hydrogen-bond donors (Lipinski definition) is 1. The molecule has 1 N–H and O–H groups in total. The predicted octanol–water partition coefficient (Wildman–Crippen LogP) is 2.92. The van der Waals surface area contributed by atoms with Gasteiger partial charge >= 0.3 is 5.97 Å². The fourth-order valence-corrected chi connectivity index (χ4v) is 2.09. The Labute approximate surface area is 120 Å². The van der Waals surface area contributed by atoms with E-state index in [0.29, 0.717) is 15.7 Å². The molecule has 0 saturated carbocycles. The number of anilines is 1. The first kappa shape index (κ1) is 15.2. The minimum Gasteiger partial charge on any atom is -0.467 e.